The van der Waals surface area contributed by atoms with E-state index in [-0.39, 0.29) is 0 Å². The Labute approximate surface area is 120 Å². The molecular formula is C10H16BrN3O2S2. The van der Waals surface area contributed by atoms with Crippen LogP contribution >= 0.6 is 27.3 Å². The summed E-state index contributed by atoms with van der Waals surface area (Å²) in [7, 11) is -3.34. The molecule has 1 saturated heterocycles. The maximum atomic E-state index is 11.9. The summed E-state index contributed by atoms with van der Waals surface area (Å²) in [6.07, 6.45) is 0. The van der Waals surface area contributed by atoms with Crippen molar-refractivity contribution in [2.24, 2.45) is 0 Å². The third kappa shape index (κ3) is 4.01. The Kier molecular flexibility index (Phi) is 5.16. The summed E-state index contributed by atoms with van der Waals surface area (Å²) in [5, 5.41) is 3.27. The van der Waals surface area contributed by atoms with Gasteiger partial charge < -0.3 is 5.32 Å². The van der Waals surface area contributed by atoms with Crippen LogP contribution in [0.1, 0.15) is 0 Å². The van der Waals surface area contributed by atoms with Crippen molar-refractivity contribution < 1.29 is 8.42 Å². The average molecular weight is 354 g/mol. The fraction of sp³-hybridized carbons (Fsp3) is 0.600. The Balaban J connectivity index is 1.82. The summed E-state index contributed by atoms with van der Waals surface area (Å²) in [6.45, 7) is 5.12. The first-order chi connectivity index (χ1) is 8.58. The molecule has 0 atom stereocenters. The Morgan fingerprint density at radius 2 is 2.11 bits per heavy atom. The summed E-state index contributed by atoms with van der Waals surface area (Å²) < 4.78 is 27.7. The number of thiophene rings is 1. The molecule has 1 aliphatic rings. The number of sulfonamides is 1. The van der Waals surface area contributed by atoms with E-state index in [0.29, 0.717) is 10.8 Å². The quantitative estimate of drug-likeness (QED) is 0.817. The molecule has 0 bridgehead atoms. The molecule has 0 spiro atoms. The third-order valence-electron chi connectivity index (χ3n) is 2.74. The molecule has 0 aromatic carbocycles. The van der Waals surface area contributed by atoms with Crippen LogP contribution in [0.2, 0.25) is 0 Å². The maximum Gasteiger partial charge on any atom is 0.250 e. The first kappa shape index (κ1) is 14.4. The number of nitrogens with zero attached hydrogens (tertiary/aromatic N) is 1. The van der Waals surface area contributed by atoms with Crippen molar-refractivity contribution in [3.63, 3.8) is 0 Å². The van der Waals surface area contributed by atoms with Gasteiger partial charge in [0.25, 0.3) is 0 Å². The molecule has 0 saturated carbocycles. The zero-order chi connectivity index (χ0) is 13.0. The molecule has 0 amide bonds. The van der Waals surface area contributed by atoms with Crippen LogP contribution in [0.25, 0.3) is 0 Å². The van der Waals surface area contributed by atoms with Crippen molar-refractivity contribution in [2.75, 3.05) is 39.3 Å². The van der Waals surface area contributed by atoms with Gasteiger partial charge >= 0.3 is 0 Å². The Hall–Kier alpha value is 0.01000. The van der Waals surface area contributed by atoms with Crippen molar-refractivity contribution in [2.45, 2.75) is 4.21 Å². The van der Waals surface area contributed by atoms with Crippen LogP contribution in [0.3, 0.4) is 0 Å². The molecule has 2 rings (SSSR count). The standard InChI is InChI=1S/C10H16BrN3O2S2/c11-9-1-2-10(17-9)18(15,16)13-5-8-14-6-3-12-4-7-14/h1-2,12-13H,3-8H2. The van der Waals surface area contributed by atoms with Crippen molar-refractivity contribution in [3.05, 3.63) is 15.9 Å². The zero-order valence-corrected chi connectivity index (χ0v) is 13.1. The lowest BCUT2D eigenvalue weighted by Crippen LogP contribution is -2.46. The van der Waals surface area contributed by atoms with Gasteiger partial charge in [-0.15, -0.1) is 11.3 Å². The Morgan fingerprint density at radius 1 is 1.39 bits per heavy atom. The van der Waals surface area contributed by atoms with Crippen LogP contribution in [-0.2, 0) is 10.0 Å². The van der Waals surface area contributed by atoms with E-state index in [0.717, 1.165) is 36.5 Å². The summed E-state index contributed by atoms with van der Waals surface area (Å²) >= 11 is 4.49. The summed E-state index contributed by atoms with van der Waals surface area (Å²) in [5.41, 5.74) is 0. The molecule has 18 heavy (non-hydrogen) atoms. The van der Waals surface area contributed by atoms with E-state index in [4.69, 9.17) is 0 Å². The molecule has 1 aromatic rings. The predicted molar refractivity (Wildman–Crippen MR) is 76.5 cm³/mol. The van der Waals surface area contributed by atoms with E-state index >= 15 is 0 Å². The second-order valence-electron chi connectivity index (χ2n) is 4.05. The van der Waals surface area contributed by atoms with Gasteiger partial charge in [-0.25, -0.2) is 13.1 Å². The molecule has 2 N–H and O–H groups in total. The second kappa shape index (κ2) is 6.44. The van der Waals surface area contributed by atoms with E-state index in [1.54, 1.807) is 12.1 Å². The van der Waals surface area contributed by atoms with Crippen molar-refractivity contribution in [1.82, 2.24) is 14.9 Å². The lowest BCUT2D eigenvalue weighted by molar-refractivity contribution is 0.245. The predicted octanol–water partition coefficient (Wildman–Crippen LogP) is 0.694. The Bertz CT molecular complexity index is 483. The maximum absolute atomic E-state index is 11.9. The highest BCUT2D eigenvalue weighted by Crippen LogP contribution is 2.25. The first-order valence-corrected chi connectivity index (χ1v) is 8.85. The molecule has 2 heterocycles. The molecule has 102 valence electrons. The number of piperazine rings is 1. The van der Waals surface area contributed by atoms with Crippen LogP contribution < -0.4 is 10.0 Å². The van der Waals surface area contributed by atoms with Gasteiger partial charge in [0, 0.05) is 39.3 Å². The summed E-state index contributed by atoms with van der Waals surface area (Å²) in [5.74, 6) is 0. The topological polar surface area (TPSA) is 61.4 Å². The van der Waals surface area contributed by atoms with Crippen molar-refractivity contribution in [3.8, 4) is 0 Å². The monoisotopic (exact) mass is 353 g/mol. The van der Waals surface area contributed by atoms with E-state index < -0.39 is 10.0 Å². The van der Waals surface area contributed by atoms with Gasteiger partial charge in [-0.05, 0) is 28.1 Å². The lowest BCUT2D eigenvalue weighted by Gasteiger charge is -2.26. The van der Waals surface area contributed by atoms with Gasteiger partial charge in [0.15, 0.2) is 0 Å². The average Bonchev–Trinajstić information content (AvgIpc) is 2.78. The Morgan fingerprint density at radius 3 is 2.72 bits per heavy atom. The molecule has 1 aromatic heterocycles. The minimum atomic E-state index is -3.34. The largest absolute Gasteiger partial charge is 0.314 e. The van der Waals surface area contributed by atoms with Crippen LogP contribution in [0.5, 0.6) is 0 Å². The van der Waals surface area contributed by atoms with Gasteiger partial charge in [-0.3, -0.25) is 4.90 Å². The van der Waals surface area contributed by atoms with Crippen molar-refractivity contribution >= 4 is 37.3 Å². The minimum absolute atomic E-state index is 0.356. The van der Waals surface area contributed by atoms with Gasteiger partial charge in [0.05, 0.1) is 3.79 Å². The second-order valence-corrected chi connectivity index (χ2v) is 8.50. The number of halogens is 1. The van der Waals surface area contributed by atoms with Crippen molar-refractivity contribution in [1.29, 1.82) is 0 Å². The first-order valence-electron chi connectivity index (χ1n) is 5.76. The van der Waals surface area contributed by atoms with E-state index in [1.165, 1.54) is 11.3 Å². The lowest BCUT2D eigenvalue weighted by atomic mass is 10.3. The normalized spacial score (nSPS) is 18.1. The van der Waals surface area contributed by atoms with Crippen LogP contribution in [0.15, 0.2) is 20.1 Å². The van der Waals surface area contributed by atoms with Gasteiger partial charge in [0.2, 0.25) is 10.0 Å². The van der Waals surface area contributed by atoms with E-state index in [9.17, 15) is 8.42 Å². The SMILES string of the molecule is O=S(=O)(NCCN1CCNCC1)c1ccc(Br)s1. The summed E-state index contributed by atoms with van der Waals surface area (Å²) in [4.78, 5) is 2.25. The number of hydrogen-bond acceptors (Lipinski definition) is 5. The van der Waals surface area contributed by atoms with E-state index in [2.05, 4.69) is 30.9 Å². The molecule has 1 aliphatic heterocycles. The van der Waals surface area contributed by atoms with Crippen LogP contribution in [-0.4, -0.2) is 52.6 Å². The minimum Gasteiger partial charge on any atom is -0.314 e. The molecule has 0 aliphatic carbocycles. The highest BCUT2D eigenvalue weighted by atomic mass is 79.9. The number of rotatable bonds is 5. The zero-order valence-electron chi connectivity index (χ0n) is 9.86. The van der Waals surface area contributed by atoms with Crippen LogP contribution in [0, 0.1) is 0 Å². The van der Waals surface area contributed by atoms with Gasteiger partial charge in [-0.2, -0.15) is 0 Å². The molecular weight excluding hydrogens is 338 g/mol. The van der Waals surface area contributed by atoms with Gasteiger partial charge in [0.1, 0.15) is 4.21 Å². The molecule has 5 nitrogen and oxygen atoms in total. The third-order valence-corrected chi connectivity index (χ3v) is 6.32. The van der Waals surface area contributed by atoms with Crippen LogP contribution in [0.4, 0.5) is 0 Å². The highest BCUT2D eigenvalue weighted by molar-refractivity contribution is 9.11. The smallest absolute Gasteiger partial charge is 0.250 e. The van der Waals surface area contributed by atoms with E-state index in [1.807, 2.05) is 0 Å². The number of nitrogens with one attached hydrogen (secondary N) is 2. The fourth-order valence-electron chi connectivity index (χ4n) is 1.79. The summed E-state index contributed by atoms with van der Waals surface area (Å²) in [6, 6.07) is 3.36. The fourth-order valence-corrected chi connectivity index (χ4v) is 4.86. The highest BCUT2D eigenvalue weighted by Gasteiger charge is 2.16. The molecule has 0 radical (unpaired) electrons. The number of hydrogen-bond donors (Lipinski definition) is 2. The molecule has 8 heteroatoms. The molecule has 0 unspecified atom stereocenters. The molecule has 1 fully saturated rings. The van der Waals surface area contributed by atoms with Gasteiger partial charge in [-0.1, -0.05) is 0 Å².